The van der Waals surface area contributed by atoms with Crippen LogP contribution in [-0.4, -0.2) is 10.9 Å². The van der Waals surface area contributed by atoms with Crippen LogP contribution in [0.2, 0.25) is 0 Å². The van der Waals surface area contributed by atoms with Gasteiger partial charge >= 0.3 is 0 Å². The molecule has 1 aromatic carbocycles. The molecule has 2 aromatic rings. The zero-order valence-corrected chi connectivity index (χ0v) is 13.0. The molecule has 21 heavy (non-hydrogen) atoms. The van der Waals surface area contributed by atoms with Gasteiger partial charge in [0, 0.05) is 17.3 Å². The number of carbonyl (C=O) groups is 1. The fourth-order valence-electron chi connectivity index (χ4n) is 2.56. The van der Waals surface area contributed by atoms with Gasteiger partial charge in [-0.1, -0.05) is 12.1 Å². The number of nitrogens with two attached hydrogens (primary N) is 1. The Bertz CT molecular complexity index is 643. The SMILES string of the molecule is CC(C)(NC(=O)C1(c2ccc(N)cc2)CC1)c1nccs1. The number of hydrogen-bond acceptors (Lipinski definition) is 4. The van der Waals surface area contributed by atoms with Crippen LogP contribution in [0.25, 0.3) is 0 Å². The van der Waals surface area contributed by atoms with Crippen molar-refractivity contribution in [2.75, 3.05) is 5.73 Å². The van der Waals surface area contributed by atoms with Crippen LogP contribution in [-0.2, 0) is 15.7 Å². The van der Waals surface area contributed by atoms with Crippen molar-refractivity contribution in [3.05, 3.63) is 46.4 Å². The summed E-state index contributed by atoms with van der Waals surface area (Å²) in [4.78, 5) is 17.1. The Morgan fingerprint density at radius 2 is 2.00 bits per heavy atom. The van der Waals surface area contributed by atoms with E-state index in [1.807, 2.05) is 43.5 Å². The van der Waals surface area contributed by atoms with Crippen LogP contribution in [0.5, 0.6) is 0 Å². The number of thiazole rings is 1. The van der Waals surface area contributed by atoms with E-state index in [0.717, 1.165) is 29.1 Å². The average molecular weight is 301 g/mol. The molecule has 0 spiro atoms. The predicted molar refractivity (Wildman–Crippen MR) is 85.0 cm³/mol. The van der Waals surface area contributed by atoms with E-state index in [1.54, 1.807) is 17.5 Å². The molecule has 1 fully saturated rings. The van der Waals surface area contributed by atoms with Crippen molar-refractivity contribution in [2.45, 2.75) is 37.6 Å². The molecule has 0 saturated heterocycles. The number of hydrogen-bond donors (Lipinski definition) is 2. The van der Waals surface area contributed by atoms with E-state index in [-0.39, 0.29) is 11.3 Å². The fourth-order valence-corrected chi connectivity index (χ4v) is 3.28. The molecule has 4 nitrogen and oxygen atoms in total. The van der Waals surface area contributed by atoms with Gasteiger partial charge < -0.3 is 11.1 Å². The molecule has 1 aliphatic carbocycles. The van der Waals surface area contributed by atoms with E-state index in [9.17, 15) is 4.79 Å². The molecule has 1 amide bonds. The third-order valence-electron chi connectivity index (χ3n) is 4.04. The largest absolute Gasteiger partial charge is 0.399 e. The summed E-state index contributed by atoms with van der Waals surface area (Å²) in [6, 6.07) is 7.62. The first-order valence-corrected chi connectivity index (χ1v) is 7.91. The van der Waals surface area contributed by atoms with Crippen LogP contribution < -0.4 is 11.1 Å². The summed E-state index contributed by atoms with van der Waals surface area (Å²) in [6.07, 6.45) is 3.54. The van der Waals surface area contributed by atoms with Crippen LogP contribution in [0.4, 0.5) is 5.69 Å². The van der Waals surface area contributed by atoms with Gasteiger partial charge in [0.25, 0.3) is 0 Å². The summed E-state index contributed by atoms with van der Waals surface area (Å²) in [5, 5.41) is 6.00. The highest BCUT2D eigenvalue weighted by Crippen LogP contribution is 2.49. The highest BCUT2D eigenvalue weighted by Gasteiger charge is 2.52. The van der Waals surface area contributed by atoms with Gasteiger partial charge in [-0.3, -0.25) is 4.79 Å². The molecular formula is C16H19N3OS. The summed E-state index contributed by atoms with van der Waals surface area (Å²) in [5.41, 5.74) is 6.65. The highest BCUT2D eigenvalue weighted by atomic mass is 32.1. The van der Waals surface area contributed by atoms with Crippen molar-refractivity contribution < 1.29 is 4.79 Å². The number of benzene rings is 1. The summed E-state index contributed by atoms with van der Waals surface area (Å²) < 4.78 is 0. The second kappa shape index (κ2) is 4.84. The standard InChI is InChI=1S/C16H19N3OS/c1-15(2,14-18-9-10-21-14)19-13(20)16(7-8-16)11-3-5-12(17)6-4-11/h3-6,9-10H,7-8,17H2,1-2H3,(H,19,20). The van der Waals surface area contributed by atoms with Gasteiger partial charge in [-0.2, -0.15) is 0 Å². The number of carbonyl (C=O) groups excluding carboxylic acids is 1. The van der Waals surface area contributed by atoms with Gasteiger partial charge in [-0.25, -0.2) is 4.98 Å². The van der Waals surface area contributed by atoms with E-state index in [1.165, 1.54) is 0 Å². The molecule has 1 heterocycles. The monoisotopic (exact) mass is 301 g/mol. The van der Waals surface area contributed by atoms with Crippen LogP contribution in [0.1, 0.15) is 37.3 Å². The molecule has 3 N–H and O–H groups in total. The number of nitrogens with one attached hydrogen (secondary N) is 1. The maximum Gasteiger partial charge on any atom is 0.231 e. The molecule has 1 aliphatic rings. The minimum Gasteiger partial charge on any atom is -0.399 e. The van der Waals surface area contributed by atoms with Gasteiger partial charge in [0.05, 0.1) is 11.0 Å². The predicted octanol–water partition coefficient (Wildman–Crippen LogP) is 2.81. The van der Waals surface area contributed by atoms with Crippen molar-refractivity contribution in [2.24, 2.45) is 0 Å². The Morgan fingerprint density at radius 1 is 1.33 bits per heavy atom. The third-order valence-corrected chi connectivity index (χ3v) is 5.14. The average Bonchev–Trinajstić information content (AvgIpc) is 3.05. The zero-order chi connectivity index (χ0) is 15.1. The van der Waals surface area contributed by atoms with Crippen LogP contribution in [0.3, 0.4) is 0 Å². The van der Waals surface area contributed by atoms with Gasteiger partial charge in [-0.15, -0.1) is 11.3 Å². The quantitative estimate of drug-likeness (QED) is 0.853. The van der Waals surface area contributed by atoms with E-state index in [2.05, 4.69) is 10.3 Å². The molecule has 0 atom stereocenters. The molecule has 0 unspecified atom stereocenters. The maximum absolute atomic E-state index is 12.8. The number of amides is 1. The molecule has 110 valence electrons. The minimum atomic E-state index is -0.450. The Morgan fingerprint density at radius 3 is 2.52 bits per heavy atom. The first-order valence-electron chi connectivity index (χ1n) is 7.03. The molecule has 0 radical (unpaired) electrons. The summed E-state index contributed by atoms with van der Waals surface area (Å²) in [5.74, 6) is 0.0764. The molecule has 3 rings (SSSR count). The lowest BCUT2D eigenvalue weighted by atomic mass is 9.93. The van der Waals surface area contributed by atoms with Crippen molar-refractivity contribution in [3.63, 3.8) is 0 Å². The lowest BCUT2D eigenvalue weighted by Crippen LogP contribution is -2.46. The molecule has 0 bridgehead atoms. The van der Waals surface area contributed by atoms with Crippen molar-refractivity contribution in [3.8, 4) is 0 Å². The second-order valence-corrected chi connectivity index (χ2v) is 7.02. The maximum atomic E-state index is 12.8. The molecule has 1 aromatic heterocycles. The van der Waals surface area contributed by atoms with E-state index >= 15 is 0 Å². The lowest BCUT2D eigenvalue weighted by Gasteiger charge is -2.27. The van der Waals surface area contributed by atoms with Crippen molar-refractivity contribution >= 4 is 22.9 Å². The van der Waals surface area contributed by atoms with Crippen molar-refractivity contribution in [1.82, 2.24) is 10.3 Å². The normalized spacial score (nSPS) is 16.5. The smallest absolute Gasteiger partial charge is 0.231 e. The first-order chi connectivity index (χ1) is 9.94. The molecule has 5 heteroatoms. The number of aromatic nitrogens is 1. The number of nitrogens with zero attached hydrogens (tertiary/aromatic N) is 1. The number of rotatable bonds is 4. The summed E-state index contributed by atoms with van der Waals surface area (Å²) in [6.45, 7) is 3.98. The topological polar surface area (TPSA) is 68.0 Å². The highest BCUT2D eigenvalue weighted by molar-refractivity contribution is 7.09. The zero-order valence-electron chi connectivity index (χ0n) is 12.2. The van der Waals surface area contributed by atoms with Crippen LogP contribution in [0, 0.1) is 0 Å². The molecular weight excluding hydrogens is 282 g/mol. The summed E-state index contributed by atoms with van der Waals surface area (Å²) in [7, 11) is 0. The van der Waals surface area contributed by atoms with Gasteiger partial charge in [0.1, 0.15) is 5.01 Å². The number of anilines is 1. The van der Waals surface area contributed by atoms with Crippen molar-refractivity contribution in [1.29, 1.82) is 0 Å². The van der Waals surface area contributed by atoms with E-state index in [4.69, 9.17) is 5.73 Å². The van der Waals surface area contributed by atoms with Gasteiger partial charge in [0.2, 0.25) is 5.91 Å². The minimum absolute atomic E-state index is 0.0764. The van der Waals surface area contributed by atoms with Crippen LogP contribution in [0.15, 0.2) is 35.8 Å². The first kappa shape index (κ1) is 14.1. The van der Waals surface area contributed by atoms with E-state index < -0.39 is 5.54 Å². The fraction of sp³-hybridized carbons (Fsp3) is 0.375. The number of nitrogen functional groups attached to an aromatic ring is 1. The van der Waals surface area contributed by atoms with Gasteiger partial charge in [0.15, 0.2) is 0 Å². The molecule has 0 aliphatic heterocycles. The third kappa shape index (κ3) is 2.53. The Kier molecular flexibility index (Phi) is 3.24. The summed E-state index contributed by atoms with van der Waals surface area (Å²) >= 11 is 1.56. The molecule has 1 saturated carbocycles. The van der Waals surface area contributed by atoms with E-state index in [0.29, 0.717) is 0 Å². The second-order valence-electron chi connectivity index (χ2n) is 6.12. The Balaban J connectivity index is 1.81. The Hall–Kier alpha value is -1.88. The van der Waals surface area contributed by atoms with Crippen LogP contribution >= 0.6 is 11.3 Å². The lowest BCUT2D eigenvalue weighted by molar-refractivity contribution is -0.125. The Labute approximate surface area is 128 Å². The van der Waals surface area contributed by atoms with Gasteiger partial charge in [-0.05, 0) is 44.4 Å².